The monoisotopic (exact) mass is 450 g/mol. The van der Waals surface area contributed by atoms with E-state index in [1.807, 2.05) is 53.4 Å². The van der Waals surface area contributed by atoms with Gasteiger partial charge in [0.2, 0.25) is 0 Å². The van der Waals surface area contributed by atoms with Crippen LogP contribution in [0.1, 0.15) is 32.7 Å². The van der Waals surface area contributed by atoms with Gasteiger partial charge in [-0.1, -0.05) is 54.1 Å². The summed E-state index contributed by atoms with van der Waals surface area (Å²) < 4.78 is 5.43. The Morgan fingerprint density at radius 2 is 1.76 bits per heavy atom. The third kappa shape index (κ3) is 3.58. The topological polar surface area (TPSA) is 62.6 Å². The van der Waals surface area contributed by atoms with Crippen molar-refractivity contribution < 1.29 is 14.0 Å². The van der Waals surface area contributed by atoms with Crippen LogP contribution in [0.4, 0.5) is 0 Å². The maximum atomic E-state index is 13.7. The SMILES string of the molecule is Cc1ccc(-c2ccccc2C(=O)N2C[C@H]3C[C@H]3[C@H]2CNC(=O)c2cccc3occc23)cc1. The van der Waals surface area contributed by atoms with Crippen LogP contribution in [0.3, 0.4) is 0 Å². The molecule has 1 aliphatic carbocycles. The first-order chi connectivity index (χ1) is 16.6. The van der Waals surface area contributed by atoms with E-state index in [0.717, 1.165) is 29.5 Å². The number of hydrogen-bond acceptors (Lipinski definition) is 3. The summed E-state index contributed by atoms with van der Waals surface area (Å²) in [6, 6.07) is 23.4. The Hall–Kier alpha value is -3.86. The quantitative estimate of drug-likeness (QED) is 0.449. The van der Waals surface area contributed by atoms with Crippen molar-refractivity contribution in [3.8, 4) is 11.1 Å². The number of amides is 2. The van der Waals surface area contributed by atoms with Gasteiger partial charge in [-0.15, -0.1) is 0 Å². The number of carbonyl (C=O) groups excluding carboxylic acids is 2. The predicted octanol–water partition coefficient (Wildman–Crippen LogP) is 5.30. The van der Waals surface area contributed by atoms with Crippen LogP contribution >= 0.6 is 0 Å². The third-order valence-corrected chi connectivity index (χ3v) is 7.30. The fraction of sp³-hybridized carbons (Fsp3) is 0.241. The second-order valence-electron chi connectivity index (χ2n) is 9.44. The van der Waals surface area contributed by atoms with Gasteiger partial charge in [-0.25, -0.2) is 0 Å². The lowest BCUT2D eigenvalue weighted by Crippen LogP contribution is -2.45. The standard InChI is InChI=1S/C29H26N2O3/c1-18-9-11-19(12-10-18)21-5-2-3-6-24(21)29(33)31-17-20-15-25(20)26(31)16-30-28(32)23-7-4-8-27-22(23)13-14-34-27/h2-14,20,25-26H,15-17H2,1H3,(H,30,32)/t20-,25-,26-/m1/s1. The molecule has 0 unspecified atom stereocenters. The molecule has 2 heterocycles. The van der Waals surface area contributed by atoms with Gasteiger partial charge in [0.1, 0.15) is 5.58 Å². The number of rotatable bonds is 5. The molecule has 2 amide bonds. The molecule has 5 heteroatoms. The van der Waals surface area contributed by atoms with E-state index in [4.69, 9.17) is 4.42 Å². The Balaban J connectivity index is 1.23. The molecule has 2 aliphatic rings. The van der Waals surface area contributed by atoms with E-state index in [1.54, 1.807) is 6.26 Å². The lowest BCUT2D eigenvalue weighted by Gasteiger charge is -2.28. The number of furan rings is 1. The number of likely N-dealkylation sites (tertiary alicyclic amines) is 1. The van der Waals surface area contributed by atoms with E-state index >= 15 is 0 Å². The molecule has 5 nitrogen and oxygen atoms in total. The molecule has 4 aromatic rings. The fourth-order valence-electron chi connectivity index (χ4n) is 5.36. The average Bonchev–Trinajstić information content (AvgIpc) is 3.29. The average molecular weight is 451 g/mol. The lowest BCUT2D eigenvalue weighted by molar-refractivity contribution is 0.0695. The van der Waals surface area contributed by atoms with Gasteiger partial charge >= 0.3 is 0 Å². The van der Waals surface area contributed by atoms with Crippen LogP contribution in [0.5, 0.6) is 0 Å². The molecular formula is C29H26N2O3. The number of fused-ring (bicyclic) bond motifs is 2. The van der Waals surface area contributed by atoms with Crippen molar-refractivity contribution in [1.29, 1.82) is 0 Å². The molecule has 3 atom stereocenters. The molecule has 34 heavy (non-hydrogen) atoms. The largest absolute Gasteiger partial charge is 0.464 e. The van der Waals surface area contributed by atoms with Crippen molar-refractivity contribution in [3.63, 3.8) is 0 Å². The van der Waals surface area contributed by atoms with E-state index < -0.39 is 0 Å². The summed E-state index contributed by atoms with van der Waals surface area (Å²) >= 11 is 0. The molecule has 0 bridgehead atoms. The number of benzene rings is 3. The van der Waals surface area contributed by atoms with Gasteiger partial charge in [0.05, 0.1) is 17.9 Å². The Labute approximate surface area is 198 Å². The van der Waals surface area contributed by atoms with Crippen LogP contribution in [-0.4, -0.2) is 35.8 Å². The molecule has 6 rings (SSSR count). The number of hydrogen-bond donors (Lipinski definition) is 1. The Morgan fingerprint density at radius 1 is 0.971 bits per heavy atom. The van der Waals surface area contributed by atoms with Gasteiger partial charge in [-0.05, 0) is 60.6 Å². The highest BCUT2D eigenvalue weighted by molar-refractivity contribution is 6.06. The number of piperidine rings is 1. The van der Waals surface area contributed by atoms with Crippen molar-refractivity contribution in [2.45, 2.75) is 19.4 Å². The molecule has 1 saturated heterocycles. The van der Waals surface area contributed by atoms with Crippen LogP contribution < -0.4 is 5.32 Å². The molecule has 170 valence electrons. The minimum absolute atomic E-state index is 0.0103. The second-order valence-corrected chi connectivity index (χ2v) is 9.44. The molecule has 3 aromatic carbocycles. The summed E-state index contributed by atoms with van der Waals surface area (Å²) in [4.78, 5) is 28.7. The maximum Gasteiger partial charge on any atom is 0.254 e. The number of aryl methyl sites for hydroxylation is 1. The smallest absolute Gasteiger partial charge is 0.254 e. The van der Waals surface area contributed by atoms with Crippen molar-refractivity contribution in [3.05, 3.63) is 95.7 Å². The van der Waals surface area contributed by atoms with E-state index in [2.05, 4.69) is 36.5 Å². The highest BCUT2D eigenvalue weighted by Gasteiger charge is 2.54. The molecule has 1 saturated carbocycles. The zero-order valence-corrected chi connectivity index (χ0v) is 19.0. The Kier molecular flexibility index (Phi) is 4.98. The van der Waals surface area contributed by atoms with Gasteiger partial charge in [-0.3, -0.25) is 9.59 Å². The molecule has 0 radical (unpaired) electrons. The zero-order chi connectivity index (χ0) is 23.2. The van der Waals surface area contributed by atoms with E-state index in [9.17, 15) is 9.59 Å². The molecular weight excluding hydrogens is 424 g/mol. The summed E-state index contributed by atoms with van der Waals surface area (Å²) in [5, 5.41) is 3.90. The minimum atomic E-state index is -0.136. The van der Waals surface area contributed by atoms with E-state index in [0.29, 0.717) is 35.1 Å². The van der Waals surface area contributed by atoms with Gasteiger partial charge < -0.3 is 14.6 Å². The zero-order valence-electron chi connectivity index (χ0n) is 19.0. The van der Waals surface area contributed by atoms with Crippen LogP contribution in [0.2, 0.25) is 0 Å². The third-order valence-electron chi connectivity index (χ3n) is 7.30. The van der Waals surface area contributed by atoms with Crippen molar-refractivity contribution in [1.82, 2.24) is 10.2 Å². The Bertz CT molecular complexity index is 1390. The highest BCUT2D eigenvalue weighted by atomic mass is 16.3. The van der Waals surface area contributed by atoms with Gasteiger partial charge in [-0.2, -0.15) is 0 Å². The fourth-order valence-corrected chi connectivity index (χ4v) is 5.36. The minimum Gasteiger partial charge on any atom is -0.464 e. The van der Waals surface area contributed by atoms with Crippen molar-refractivity contribution in [2.75, 3.05) is 13.1 Å². The first-order valence-corrected chi connectivity index (χ1v) is 11.8. The van der Waals surface area contributed by atoms with Gasteiger partial charge in [0, 0.05) is 24.0 Å². The number of carbonyl (C=O) groups is 2. The number of nitrogens with zero attached hydrogens (tertiary/aromatic N) is 1. The summed E-state index contributed by atoms with van der Waals surface area (Å²) in [5.74, 6) is 0.901. The predicted molar refractivity (Wildman–Crippen MR) is 132 cm³/mol. The first-order valence-electron chi connectivity index (χ1n) is 11.8. The normalized spacial score (nSPS) is 20.9. The van der Waals surface area contributed by atoms with Crippen LogP contribution in [0.15, 0.2) is 83.5 Å². The summed E-state index contributed by atoms with van der Waals surface area (Å²) in [7, 11) is 0. The van der Waals surface area contributed by atoms with Crippen LogP contribution in [-0.2, 0) is 0 Å². The summed E-state index contributed by atoms with van der Waals surface area (Å²) in [5.41, 5.74) is 5.18. The number of nitrogens with one attached hydrogen (secondary N) is 1. The lowest BCUT2D eigenvalue weighted by atomic mass is 9.97. The molecule has 1 N–H and O–H groups in total. The molecule has 0 spiro atoms. The maximum absolute atomic E-state index is 13.7. The Morgan fingerprint density at radius 3 is 2.62 bits per heavy atom. The van der Waals surface area contributed by atoms with Crippen LogP contribution in [0, 0.1) is 18.8 Å². The van der Waals surface area contributed by atoms with Gasteiger partial charge in [0.15, 0.2) is 0 Å². The van der Waals surface area contributed by atoms with E-state index in [1.165, 1.54) is 5.56 Å². The molecule has 2 fully saturated rings. The van der Waals surface area contributed by atoms with Gasteiger partial charge in [0.25, 0.3) is 11.8 Å². The van der Waals surface area contributed by atoms with Crippen molar-refractivity contribution in [2.24, 2.45) is 11.8 Å². The summed E-state index contributed by atoms with van der Waals surface area (Å²) in [6.07, 6.45) is 2.72. The molecule has 1 aromatic heterocycles. The second kappa shape index (κ2) is 8.17. The highest BCUT2D eigenvalue weighted by Crippen LogP contribution is 2.50. The molecule has 1 aliphatic heterocycles. The van der Waals surface area contributed by atoms with E-state index in [-0.39, 0.29) is 17.9 Å². The van der Waals surface area contributed by atoms with Crippen molar-refractivity contribution >= 4 is 22.8 Å². The van der Waals surface area contributed by atoms with Crippen LogP contribution in [0.25, 0.3) is 22.1 Å². The summed E-state index contributed by atoms with van der Waals surface area (Å²) in [6.45, 7) is 3.26. The first kappa shape index (κ1) is 20.7.